The second kappa shape index (κ2) is 9.96. The van der Waals surface area contributed by atoms with E-state index in [1.54, 1.807) is 11.8 Å². The van der Waals surface area contributed by atoms with Crippen LogP contribution in [0.2, 0.25) is 0 Å². The van der Waals surface area contributed by atoms with Crippen molar-refractivity contribution in [2.75, 3.05) is 4.90 Å². The van der Waals surface area contributed by atoms with Gasteiger partial charge in [-0.25, -0.2) is 0 Å². The van der Waals surface area contributed by atoms with Crippen molar-refractivity contribution in [2.24, 2.45) is 29.6 Å². The van der Waals surface area contributed by atoms with Gasteiger partial charge in [-0.1, -0.05) is 63.7 Å². The minimum absolute atomic E-state index is 0.0128. The molecule has 8 rings (SSSR count). The number of aryl methyl sites for hydroxylation is 1. The summed E-state index contributed by atoms with van der Waals surface area (Å²) in [7, 11) is 0. The summed E-state index contributed by atoms with van der Waals surface area (Å²) in [4.78, 5) is 45.8. The molecule has 2 saturated carbocycles. The second-order valence-electron chi connectivity index (χ2n) is 11.7. The molecule has 2 aliphatic carbocycles. The molecule has 4 aliphatic rings. The molecule has 1 aromatic heterocycles. The van der Waals surface area contributed by atoms with Crippen molar-refractivity contribution in [1.29, 1.82) is 0 Å². The number of hydrogen-bond donors (Lipinski definition) is 1. The number of fused-ring (bicyclic) bond motifs is 9. The number of ether oxygens (including phenoxy) is 1. The smallest absolute Gasteiger partial charge is 0.305 e. The third kappa shape index (κ3) is 4.00. The number of nitrogens with one attached hydrogen (secondary N) is 1. The first kappa shape index (κ1) is 26.5. The van der Waals surface area contributed by atoms with E-state index in [-0.39, 0.29) is 57.4 Å². The molecule has 6 nitrogen and oxygen atoms in total. The van der Waals surface area contributed by atoms with Gasteiger partial charge in [0.15, 0.2) is 0 Å². The van der Waals surface area contributed by atoms with Gasteiger partial charge in [-0.3, -0.25) is 19.3 Å². The van der Waals surface area contributed by atoms with E-state index < -0.39 is 0 Å². The van der Waals surface area contributed by atoms with E-state index in [2.05, 4.69) is 52.1 Å². The number of aromatic amines is 1. The summed E-state index contributed by atoms with van der Waals surface area (Å²) in [5, 5.41) is 1.08. The monoisotopic (exact) mass is 658 g/mol. The fourth-order valence-electron chi connectivity index (χ4n) is 7.94. The molecule has 212 valence electrons. The van der Waals surface area contributed by atoms with Crippen LogP contribution in [0.15, 0.2) is 87.1 Å². The SMILES string of the molecule is Cc1ccccc1COc1ccc(C2c3sc(=O)[nH]c3SC3C2[C@H]2C[C@@H]3C3C(=O)N(c4ccc(Br)cc4)C(=O)C32)cc1. The molecule has 2 amide bonds. The van der Waals surface area contributed by atoms with Gasteiger partial charge in [-0.15, -0.1) is 11.8 Å². The number of benzene rings is 3. The number of carbonyl (C=O) groups is 2. The minimum atomic E-state index is -0.315. The summed E-state index contributed by atoms with van der Waals surface area (Å²) in [6.07, 6.45) is 0.872. The van der Waals surface area contributed by atoms with E-state index in [9.17, 15) is 14.4 Å². The fourth-order valence-corrected chi connectivity index (χ4v) is 11.1. The highest BCUT2D eigenvalue weighted by molar-refractivity contribution is 9.10. The zero-order valence-corrected chi connectivity index (χ0v) is 25.9. The van der Waals surface area contributed by atoms with Crippen molar-refractivity contribution in [3.8, 4) is 5.75 Å². The number of anilines is 1. The predicted molar refractivity (Wildman–Crippen MR) is 167 cm³/mol. The number of imide groups is 1. The number of hydrogen-bond acceptors (Lipinski definition) is 6. The van der Waals surface area contributed by atoms with Crippen LogP contribution in [0.25, 0.3) is 0 Å². The number of aromatic nitrogens is 1. The Morgan fingerprint density at radius 2 is 1.64 bits per heavy atom. The summed E-state index contributed by atoms with van der Waals surface area (Å²) in [6.45, 7) is 2.58. The van der Waals surface area contributed by atoms with Crippen LogP contribution in [0.3, 0.4) is 0 Å². The molecule has 2 aliphatic heterocycles. The van der Waals surface area contributed by atoms with Crippen molar-refractivity contribution >= 4 is 56.5 Å². The Hall–Kier alpha value is -3.14. The van der Waals surface area contributed by atoms with E-state index >= 15 is 0 Å². The molecule has 7 atom stereocenters. The number of carbonyl (C=O) groups excluding carboxylic acids is 2. The molecule has 1 saturated heterocycles. The van der Waals surface area contributed by atoms with Crippen LogP contribution in [-0.4, -0.2) is 22.0 Å². The molecule has 3 heterocycles. The Kier molecular flexibility index (Phi) is 6.28. The highest BCUT2D eigenvalue weighted by Gasteiger charge is 2.69. The third-order valence-electron chi connectivity index (χ3n) is 9.70. The third-order valence-corrected chi connectivity index (χ3v) is 12.8. The van der Waals surface area contributed by atoms with Crippen molar-refractivity contribution in [3.63, 3.8) is 0 Å². The number of thiazole rings is 1. The lowest BCUT2D eigenvalue weighted by molar-refractivity contribution is -0.123. The molecule has 2 bridgehead atoms. The Morgan fingerprint density at radius 3 is 2.38 bits per heavy atom. The summed E-state index contributed by atoms with van der Waals surface area (Å²) >= 11 is 6.44. The number of H-pyrrole nitrogens is 1. The maximum absolute atomic E-state index is 13.9. The van der Waals surface area contributed by atoms with Gasteiger partial charge in [0.1, 0.15) is 12.4 Å². The number of amides is 2. The van der Waals surface area contributed by atoms with Gasteiger partial charge < -0.3 is 9.72 Å². The molecule has 3 aromatic carbocycles. The second-order valence-corrected chi connectivity index (χ2v) is 14.9. The molecular weight excluding hydrogens is 632 g/mol. The maximum atomic E-state index is 13.9. The van der Waals surface area contributed by atoms with Gasteiger partial charge in [0.2, 0.25) is 11.8 Å². The van der Waals surface area contributed by atoms with Crippen LogP contribution >= 0.6 is 39.0 Å². The van der Waals surface area contributed by atoms with Gasteiger partial charge in [0.25, 0.3) is 0 Å². The van der Waals surface area contributed by atoms with Crippen LogP contribution in [-0.2, 0) is 16.2 Å². The Morgan fingerprint density at radius 1 is 0.929 bits per heavy atom. The highest BCUT2D eigenvalue weighted by atomic mass is 79.9. The zero-order chi connectivity index (χ0) is 28.7. The van der Waals surface area contributed by atoms with E-state index in [0.717, 1.165) is 37.7 Å². The Labute approximate surface area is 259 Å². The van der Waals surface area contributed by atoms with Crippen LogP contribution in [0.1, 0.15) is 33.9 Å². The number of thioether (sulfide) groups is 1. The quantitative estimate of drug-likeness (QED) is 0.240. The predicted octanol–water partition coefficient (Wildman–Crippen LogP) is 6.76. The average Bonchev–Trinajstić information content (AvgIpc) is 3.72. The average molecular weight is 660 g/mol. The number of halogens is 1. The van der Waals surface area contributed by atoms with Crippen LogP contribution < -0.4 is 14.5 Å². The summed E-state index contributed by atoms with van der Waals surface area (Å²) in [6, 6.07) is 23.8. The molecule has 0 spiro atoms. The lowest BCUT2D eigenvalue weighted by atomic mass is 9.68. The molecule has 4 aromatic rings. The topological polar surface area (TPSA) is 79.5 Å². The lowest BCUT2D eigenvalue weighted by Crippen LogP contribution is -2.42. The molecule has 1 N–H and O–H groups in total. The van der Waals surface area contributed by atoms with Gasteiger partial charge >= 0.3 is 4.87 Å². The zero-order valence-electron chi connectivity index (χ0n) is 22.7. The summed E-state index contributed by atoms with van der Waals surface area (Å²) in [5.74, 6) is 0.367. The van der Waals surface area contributed by atoms with E-state index in [0.29, 0.717) is 12.3 Å². The number of rotatable bonds is 5. The summed E-state index contributed by atoms with van der Waals surface area (Å²) < 4.78 is 7.03. The summed E-state index contributed by atoms with van der Waals surface area (Å²) in [5.41, 5.74) is 4.11. The molecule has 3 fully saturated rings. The largest absolute Gasteiger partial charge is 0.489 e. The first-order valence-electron chi connectivity index (χ1n) is 14.2. The van der Waals surface area contributed by atoms with E-state index in [1.807, 2.05) is 48.5 Å². The Balaban J connectivity index is 1.12. The minimum Gasteiger partial charge on any atom is -0.489 e. The first-order valence-corrected chi connectivity index (χ1v) is 16.7. The maximum Gasteiger partial charge on any atom is 0.305 e. The standard InChI is InChI=1S/C33H27BrN2O4S2/c1-16-4-2-3-5-18(16)15-40-21-12-6-17(7-13-21)24-25-22-14-23(28(25)41-30-29(24)42-33(39)35-30)27-26(22)31(37)36(32(27)38)20-10-8-19(34)9-11-20/h2-13,22-28H,14-15H2,1H3,(H,35,39)/t22-,23-,24?,25?,26?,27?,28?/m1/s1. The van der Waals surface area contributed by atoms with Gasteiger partial charge in [0, 0.05) is 20.5 Å². The van der Waals surface area contributed by atoms with Crippen molar-refractivity contribution in [3.05, 3.63) is 109 Å². The molecule has 5 unspecified atom stereocenters. The molecule has 0 radical (unpaired) electrons. The molecule has 42 heavy (non-hydrogen) atoms. The Bertz CT molecular complexity index is 1780. The van der Waals surface area contributed by atoms with Crippen LogP contribution in [0, 0.1) is 36.5 Å². The van der Waals surface area contributed by atoms with E-state index in [1.165, 1.54) is 21.8 Å². The number of nitrogens with zero attached hydrogens (tertiary/aromatic N) is 1. The lowest BCUT2D eigenvalue weighted by Gasteiger charge is -2.43. The highest BCUT2D eigenvalue weighted by Crippen LogP contribution is 2.68. The van der Waals surface area contributed by atoms with Gasteiger partial charge in [-0.05, 0) is 84.2 Å². The van der Waals surface area contributed by atoms with Crippen molar-refractivity contribution < 1.29 is 14.3 Å². The van der Waals surface area contributed by atoms with E-state index in [4.69, 9.17) is 4.74 Å². The van der Waals surface area contributed by atoms with Crippen molar-refractivity contribution in [2.45, 2.75) is 36.1 Å². The fraction of sp³-hybridized carbons (Fsp3) is 0.303. The van der Waals surface area contributed by atoms with Crippen LogP contribution in [0.4, 0.5) is 5.69 Å². The van der Waals surface area contributed by atoms with Gasteiger partial charge in [-0.2, -0.15) is 0 Å². The van der Waals surface area contributed by atoms with Gasteiger partial charge in [0.05, 0.1) is 22.5 Å². The normalized spacial score (nSPS) is 29.0. The molecule has 9 heteroatoms. The molecular formula is C33H27BrN2O4S2. The van der Waals surface area contributed by atoms with Crippen LogP contribution in [0.5, 0.6) is 5.75 Å². The first-order chi connectivity index (χ1) is 20.4. The van der Waals surface area contributed by atoms with Crippen molar-refractivity contribution in [1.82, 2.24) is 4.98 Å².